The summed E-state index contributed by atoms with van der Waals surface area (Å²) in [5.74, 6) is 0. The first-order chi connectivity index (χ1) is 16.7. The highest BCUT2D eigenvalue weighted by Crippen LogP contribution is 2.40. The minimum Gasteiger partial charge on any atom is -0.217 e. The Morgan fingerprint density at radius 2 is 0.889 bits per heavy atom. The number of hydrogen-bond acceptors (Lipinski definition) is 6. The number of aromatic nitrogens is 6. The first-order valence-corrected chi connectivity index (χ1v) is 12.7. The second kappa shape index (κ2) is 10.1. The van der Waals surface area contributed by atoms with E-state index in [-0.39, 0.29) is 41.8 Å². The van der Waals surface area contributed by atoms with Crippen LogP contribution >= 0.6 is 68.0 Å². The minimum absolute atomic E-state index is 0.00433. The van der Waals surface area contributed by atoms with Crippen molar-refractivity contribution in [3.05, 3.63) is 68.1 Å². The van der Waals surface area contributed by atoms with Crippen LogP contribution in [0.5, 0.6) is 0 Å². The summed E-state index contributed by atoms with van der Waals surface area (Å²) in [6.07, 6.45) is -6.85. The van der Waals surface area contributed by atoms with E-state index in [0.717, 1.165) is 55.2 Å². The van der Waals surface area contributed by atoms with Crippen LogP contribution in [0, 0.1) is 0 Å². The number of hydrogen-bond donors (Lipinski definition) is 0. The topological polar surface area (TPSA) is 61.4 Å². The zero-order valence-electron chi connectivity index (χ0n) is 16.7. The molecule has 0 bridgehead atoms. The lowest BCUT2D eigenvalue weighted by molar-refractivity contribution is -0.138. The molecule has 4 rings (SSSR count). The van der Waals surface area contributed by atoms with Crippen molar-refractivity contribution in [2.75, 3.05) is 0 Å². The van der Waals surface area contributed by atoms with Crippen LogP contribution in [-0.2, 0) is 12.4 Å². The van der Waals surface area contributed by atoms with Crippen molar-refractivity contribution in [3.63, 3.8) is 0 Å². The van der Waals surface area contributed by atoms with Gasteiger partial charge in [-0.05, 0) is 45.9 Å². The van der Waals surface area contributed by atoms with Crippen LogP contribution in [0.3, 0.4) is 0 Å². The van der Waals surface area contributed by atoms with Crippen LogP contribution in [0.2, 0.25) is 20.1 Å². The van der Waals surface area contributed by atoms with Gasteiger partial charge in [0, 0.05) is 0 Å². The van der Waals surface area contributed by atoms with Crippen LogP contribution in [-0.4, -0.2) is 29.5 Å². The molecule has 0 aliphatic heterocycles. The molecule has 6 nitrogen and oxygen atoms in total. The predicted molar refractivity (Wildman–Crippen MR) is 124 cm³/mol. The Balaban J connectivity index is 1.50. The molecule has 0 amide bonds. The van der Waals surface area contributed by atoms with Crippen molar-refractivity contribution in [1.29, 1.82) is 0 Å². The first kappa shape index (κ1) is 27.2. The Kier molecular flexibility index (Phi) is 7.66. The van der Waals surface area contributed by atoms with Gasteiger partial charge in [0.2, 0.25) is 10.3 Å². The van der Waals surface area contributed by atoms with Gasteiger partial charge < -0.3 is 0 Å². The second-order valence-electron chi connectivity index (χ2n) is 6.68. The fourth-order valence-corrected chi connectivity index (χ4v) is 5.56. The SMILES string of the molecule is FC(F)(F)c1cc(Cl)c(-n2cnc(SSc3ncn(-c4c(Cl)cc(C(F)(F)F)cc4Cl)n3)n2)c(Cl)c1. The average molecular weight is 626 g/mol. The van der Waals surface area contributed by atoms with E-state index in [1.54, 1.807) is 0 Å². The molecule has 0 N–H and O–H groups in total. The van der Waals surface area contributed by atoms with Gasteiger partial charge >= 0.3 is 12.4 Å². The zero-order chi connectivity index (χ0) is 26.4. The summed E-state index contributed by atoms with van der Waals surface area (Å²) in [5.41, 5.74) is -2.02. The van der Waals surface area contributed by atoms with Gasteiger partial charge in [0.05, 0.1) is 31.2 Å². The molecule has 2 aromatic heterocycles. The monoisotopic (exact) mass is 624 g/mol. The lowest BCUT2D eigenvalue weighted by atomic mass is 10.2. The van der Waals surface area contributed by atoms with E-state index in [0.29, 0.717) is 0 Å². The van der Waals surface area contributed by atoms with E-state index < -0.39 is 23.5 Å². The van der Waals surface area contributed by atoms with Gasteiger partial charge in [0.25, 0.3) is 0 Å². The lowest BCUT2D eigenvalue weighted by Gasteiger charge is -2.11. The van der Waals surface area contributed by atoms with Crippen molar-refractivity contribution >= 4 is 68.0 Å². The Morgan fingerprint density at radius 1 is 0.583 bits per heavy atom. The van der Waals surface area contributed by atoms with Gasteiger partial charge in [-0.3, -0.25) is 0 Å². The van der Waals surface area contributed by atoms with Crippen LogP contribution in [0.25, 0.3) is 11.4 Å². The maximum absolute atomic E-state index is 12.9. The van der Waals surface area contributed by atoms with E-state index in [4.69, 9.17) is 46.4 Å². The predicted octanol–water partition coefficient (Wildman–Crippen LogP) is 8.30. The zero-order valence-corrected chi connectivity index (χ0v) is 21.4. The largest absolute Gasteiger partial charge is 0.416 e. The Hall–Kier alpha value is -1.84. The summed E-state index contributed by atoms with van der Waals surface area (Å²) in [5, 5.41) is 7.43. The number of alkyl halides is 6. The van der Waals surface area contributed by atoms with E-state index in [1.807, 2.05) is 0 Å². The van der Waals surface area contributed by atoms with Crippen molar-refractivity contribution in [2.45, 2.75) is 22.7 Å². The summed E-state index contributed by atoms with van der Waals surface area (Å²) in [6.45, 7) is 0. The number of rotatable bonds is 5. The summed E-state index contributed by atoms with van der Waals surface area (Å²) in [4.78, 5) is 8.06. The van der Waals surface area contributed by atoms with Gasteiger partial charge in [-0.25, -0.2) is 19.3 Å². The number of halogens is 10. The fraction of sp³-hybridized carbons (Fsp3) is 0.111. The highest BCUT2D eigenvalue weighted by molar-refractivity contribution is 8.76. The molecule has 36 heavy (non-hydrogen) atoms. The molecule has 2 aromatic carbocycles. The van der Waals surface area contributed by atoms with E-state index in [2.05, 4.69) is 20.2 Å². The first-order valence-electron chi connectivity index (χ1n) is 9.05. The Labute approximate surface area is 225 Å². The van der Waals surface area contributed by atoms with Crippen LogP contribution in [0.1, 0.15) is 11.1 Å². The third-order valence-electron chi connectivity index (χ3n) is 4.28. The fourth-order valence-electron chi connectivity index (χ4n) is 2.76. The second-order valence-corrected chi connectivity index (χ2v) is 10.4. The molecule has 0 radical (unpaired) electrons. The molecule has 0 spiro atoms. The van der Waals surface area contributed by atoms with Crippen LogP contribution < -0.4 is 0 Å². The lowest BCUT2D eigenvalue weighted by Crippen LogP contribution is -2.07. The standard InChI is InChI=1S/C18H6Cl4F6N6S2/c19-9-1-7(17(23,24)25)2-10(20)13(9)33-5-29-15(31-33)35-36-16-30-6-34(32-16)14-11(21)3-8(4-12(14)22)18(26,27)28/h1-6H. The summed E-state index contributed by atoms with van der Waals surface area (Å²) >= 11 is 23.9. The van der Waals surface area contributed by atoms with E-state index in [9.17, 15) is 26.3 Å². The third-order valence-corrected chi connectivity index (χ3v) is 7.33. The maximum Gasteiger partial charge on any atom is 0.416 e. The maximum atomic E-state index is 12.9. The summed E-state index contributed by atoms with van der Waals surface area (Å²) < 4.78 is 79.8. The molecule has 0 fully saturated rings. The molecule has 0 aliphatic carbocycles. The third kappa shape index (κ3) is 5.83. The van der Waals surface area contributed by atoms with Gasteiger partial charge in [-0.2, -0.15) is 26.3 Å². The molecule has 190 valence electrons. The molecule has 0 unspecified atom stereocenters. The molecule has 2 heterocycles. The summed E-state index contributed by atoms with van der Waals surface area (Å²) in [7, 11) is 1.97. The number of nitrogens with zero attached hydrogens (tertiary/aromatic N) is 6. The molecule has 0 atom stereocenters. The molecular formula is C18H6Cl4F6N6S2. The van der Waals surface area contributed by atoms with E-state index in [1.165, 1.54) is 12.7 Å². The molecular weight excluding hydrogens is 620 g/mol. The Morgan fingerprint density at radius 3 is 1.17 bits per heavy atom. The highest BCUT2D eigenvalue weighted by atomic mass is 35.5. The average Bonchev–Trinajstić information content (AvgIpc) is 3.40. The smallest absolute Gasteiger partial charge is 0.217 e. The van der Waals surface area contributed by atoms with Crippen LogP contribution in [0.15, 0.2) is 47.2 Å². The molecule has 18 heteroatoms. The highest BCUT2D eigenvalue weighted by Gasteiger charge is 2.33. The number of benzene rings is 2. The van der Waals surface area contributed by atoms with Crippen molar-refractivity contribution in [1.82, 2.24) is 29.5 Å². The molecule has 4 aromatic rings. The van der Waals surface area contributed by atoms with E-state index >= 15 is 0 Å². The molecule has 0 saturated carbocycles. The van der Waals surface area contributed by atoms with Gasteiger partial charge in [-0.1, -0.05) is 46.4 Å². The van der Waals surface area contributed by atoms with Gasteiger partial charge in [0.1, 0.15) is 24.0 Å². The van der Waals surface area contributed by atoms with Gasteiger partial charge in [0.15, 0.2) is 0 Å². The van der Waals surface area contributed by atoms with Crippen molar-refractivity contribution in [3.8, 4) is 11.4 Å². The quantitative estimate of drug-likeness (QED) is 0.164. The molecule has 0 aliphatic rings. The normalized spacial score (nSPS) is 12.4. The van der Waals surface area contributed by atoms with Gasteiger partial charge in [-0.15, -0.1) is 10.2 Å². The minimum atomic E-state index is -4.63. The summed E-state index contributed by atoms with van der Waals surface area (Å²) in [6, 6.07) is 2.89. The van der Waals surface area contributed by atoms with Crippen molar-refractivity contribution in [2.24, 2.45) is 0 Å². The molecule has 0 saturated heterocycles. The van der Waals surface area contributed by atoms with Crippen LogP contribution in [0.4, 0.5) is 26.3 Å². The Bertz CT molecular complexity index is 1280. The van der Waals surface area contributed by atoms with Crippen molar-refractivity contribution < 1.29 is 26.3 Å².